The Morgan fingerprint density at radius 1 is 1.08 bits per heavy atom. The van der Waals surface area contributed by atoms with Crippen LogP contribution in [-0.4, -0.2) is 64.9 Å². The lowest BCUT2D eigenvalue weighted by molar-refractivity contribution is -0.136. The van der Waals surface area contributed by atoms with E-state index in [-0.39, 0.29) is 18.2 Å². The maximum atomic E-state index is 13.2. The minimum Gasteiger partial charge on any atom is -0.497 e. The molecule has 0 bridgehead atoms. The van der Waals surface area contributed by atoms with Gasteiger partial charge in [0.05, 0.1) is 13.5 Å². The van der Waals surface area contributed by atoms with Crippen LogP contribution in [0.1, 0.15) is 48.9 Å². The summed E-state index contributed by atoms with van der Waals surface area (Å²) in [5.41, 5.74) is 5.73. The molecule has 2 fully saturated rings. The number of fused-ring (bicyclic) bond motifs is 1. The van der Waals surface area contributed by atoms with Crippen LogP contribution in [0.2, 0.25) is 0 Å². The molecule has 1 spiro atoms. The second kappa shape index (κ2) is 10.4. The molecule has 2 aliphatic heterocycles. The van der Waals surface area contributed by atoms with E-state index < -0.39 is 0 Å². The molecule has 202 valence electrons. The number of nitrogens with one attached hydrogen (secondary N) is 1. The average Bonchev–Trinajstić information content (AvgIpc) is 3.36. The molecule has 2 saturated heterocycles. The van der Waals surface area contributed by atoms with Crippen LogP contribution in [0.5, 0.6) is 5.75 Å². The van der Waals surface area contributed by atoms with Crippen LogP contribution in [0, 0.1) is 5.41 Å². The molecule has 6 rings (SSSR count). The van der Waals surface area contributed by atoms with Gasteiger partial charge in [-0.1, -0.05) is 18.2 Å². The van der Waals surface area contributed by atoms with Gasteiger partial charge in [0.1, 0.15) is 5.75 Å². The summed E-state index contributed by atoms with van der Waals surface area (Å²) in [7, 11) is 1.59. The predicted octanol–water partition coefficient (Wildman–Crippen LogP) is 4.27. The third kappa shape index (κ3) is 5.13. The number of aromatic nitrogens is 2. The lowest BCUT2D eigenvalue weighted by atomic mass is 9.71. The number of ether oxygens (including phenoxy) is 1. The van der Waals surface area contributed by atoms with Crippen molar-refractivity contribution < 1.29 is 14.3 Å². The molecular weight excluding hydrogens is 490 g/mol. The van der Waals surface area contributed by atoms with Crippen molar-refractivity contribution >= 4 is 17.5 Å². The standard InChI is InChI=1S/C31H35N5O3/c1-21(37)34-27-18-25(39-2)7-4-23(27)17-29(38)35-14-10-31(11-15-35)19-36(20-31)28-9-6-22-16-24(5-8-26(22)28)30-32-12-3-13-33-30/h3-5,7-8,12-13,16,18,28H,6,9-11,14-15,17,19-20H2,1-2H3,(H,34,37)/t28-/m1/s1. The molecule has 1 atom stereocenters. The molecule has 3 aromatic rings. The van der Waals surface area contributed by atoms with E-state index >= 15 is 0 Å². The Balaban J connectivity index is 1.04. The molecule has 0 radical (unpaired) electrons. The molecule has 1 N–H and O–H groups in total. The molecule has 8 nitrogen and oxygen atoms in total. The van der Waals surface area contributed by atoms with E-state index in [1.165, 1.54) is 18.1 Å². The van der Waals surface area contributed by atoms with Gasteiger partial charge in [-0.2, -0.15) is 0 Å². The van der Waals surface area contributed by atoms with E-state index in [0.717, 1.165) is 68.8 Å². The van der Waals surface area contributed by atoms with E-state index in [2.05, 4.69) is 38.4 Å². The zero-order valence-electron chi connectivity index (χ0n) is 22.7. The first-order valence-corrected chi connectivity index (χ1v) is 13.8. The van der Waals surface area contributed by atoms with Gasteiger partial charge in [-0.3, -0.25) is 14.5 Å². The van der Waals surface area contributed by atoms with Gasteiger partial charge in [-0.25, -0.2) is 9.97 Å². The van der Waals surface area contributed by atoms with Gasteiger partial charge in [-0.05, 0) is 66.0 Å². The summed E-state index contributed by atoms with van der Waals surface area (Å²) in [5, 5.41) is 2.84. The fourth-order valence-electron chi connectivity index (χ4n) is 6.56. The highest BCUT2D eigenvalue weighted by atomic mass is 16.5. The number of methoxy groups -OCH3 is 1. The van der Waals surface area contributed by atoms with Crippen molar-refractivity contribution in [1.29, 1.82) is 0 Å². The van der Waals surface area contributed by atoms with Gasteiger partial charge >= 0.3 is 0 Å². The van der Waals surface area contributed by atoms with Crippen LogP contribution < -0.4 is 10.1 Å². The summed E-state index contributed by atoms with van der Waals surface area (Å²) < 4.78 is 5.29. The van der Waals surface area contributed by atoms with Crippen LogP contribution in [0.15, 0.2) is 54.9 Å². The number of carbonyl (C=O) groups is 2. The fraction of sp³-hybridized carbons (Fsp3) is 0.419. The Kier molecular flexibility index (Phi) is 6.81. The third-order valence-corrected chi connectivity index (χ3v) is 8.68. The van der Waals surface area contributed by atoms with Crippen molar-refractivity contribution in [3.63, 3.8) is 0 Å². The molecule has 0 unspecified atom stereocenters. The van der Waals surface area contributed by atoms with Crippen LogP contribution in [0.4, 0.5) is 5.69 Å². The molecular formula is C31H35N5O3. The zero-order valence-corrected chi connectivity index (χ0v) is 22.7. The smallest absolute Gasteiger partial charge is 0.227 e. The van der Waals surface area contributed by atoms with E-state index in [1.807, 2.05) is 23.1 Å². The Hall–Kier alpha value is -3.78. The van der Waals surface area contributed by atoms with Crippen molar-refractivity contribution in [2.45, 2.75) is 45.1 Å². The Morgan fingerprint density at radius 3 is 2.56 bits per heavy atom. The minimum absolute atomic E-state index is 0.112. The highest BCUT2D eigenvalue weighted by Crippen LogP contribution is 2.48. The number of likely N-dealkylation sites (tertiary alicyclic amines) is 2. The highest BCUT2D eigenvalue weighted by molar-refractivity contribution is 5.91. The van der Waals surface area contributed by atoms with Crippen molar-refractivity contribution in [2.24, 2.45) is 5.41 Å². The first-order chi connectivity index (χ1) is 18.9. The summed E-state index contributed by atoms with van der Waals surface area (Å²) in [6, 6.07) is 14.5. The summed E-state index contributed by atoms with van der Waals surface area (Å²) in [5.74, 6) is 1.38. The number of rotatable bonds is 6. The number of hydrogen-bond donors (Lipinski definition) is 1. The molecule has 1 aliphatic carbocycles. The van der Waals surface area contributed by atoms with Crippen LogP contribution in [0.25, 0.3) is 11.4 Å². The number of piperidine rings is 1. The van der Waals surface area contributed by atoms with Gasteiger partial charge in [0, 0.05) is 68.9 Å². The molecule has 0 saturated carbocycles. The van der Waals surface area contributed by atoms with Gasteiger partial charge < -0.3 is 15.0 Å². The second-order valence-corrected chi connectivity index (χ2v) is 11.2. The molecule has 2 aromatic carbocycles. The zero-order chi connectivity index (χ0) is 27.0. The monoisotopic (exact) mass is 525 g/mol. The van der Waals surface area contributed by atoms with Crippen molar-refractivity contribution in [3.8, 4) is 17.1 Å². The quantitative estimate of drug-likeness (QED) is 0.517. The fourth-order valence-corrected chi connectivity index (χ4v) is 6.56. The van der Waals surface area contributed by atoms with Crippen LogP contribution >= 0.6 is 0 Å². The number of amides is 2. The van der Waals surface area contributed by atoms with Gasteiger partial charge in [-0.15, -0.1) is 0 Å². The predicted molar refractivity (Wildman–Crippen MR) is 149 cm³/mol. The molecule has 39 heavy (non-hydrogen) atoms. The summed E-state index contributed by atoms with van der Waals surface area (Å²) in [6.07, 6.45) is 8.19. The number of anilines is 1. The van der Waals surface area contributed by atoms with E-state index in [1.54, 1.807) is 25.6 Å². The molecule has 8 heteroatoms. The lowest BCUT2D eigenvalue weighted by Crippen LogP contribution is -2.61. The highest BCUT2D eigenvalue weighted by Gasteiger charge is 2.48. The number of hydrogen-bond acceptors (Lipinski definition) is 6. The Labute approximate surface area is 229 Å². The maximum absolute atomic E-state index is 13.2. The second-order valence-electron chi connectivity index (χ2n) is 11.2. The van der Waals surface area contributed by atoms with E-state index in [9.17, 15) is 9.59 Å². The molecule has 3 aliphatic rings. The molecule has 3 heterocycles. The minimum atomic E-state index is -0.165. The van der Waals surface area contributed by atoms with Crippen molar-refractivity contribution in [1.82, 2.24) is 19.8 Å². The average molecular weight is 526 g/mol. The van der Waals surface area contributed by atoms with Crippen molar-refractivity contribution in [3.05, 3.63) is 71.5 Å². The number of benzene rings is 2. The van der Waals surface area contributed by atoms with Gasteiger partial charge in [0.15, 0.2) is 5.82 Å². The van der Waals surface area contributed by atoms with Gasteiger partial charge in [0.25, 0.3) is 0 Å². The molecule has 1 aromatic heterocycles. The lowest BCUT2D eigenvalue weighted by Gasteiger charge is -2.56. The third-order valence-electron chi connectivity index (χ3n) is 8.68. The first-order valence-electron chi connectivity index (χ1n) is 13.8. The first kappa shape index (κ1) is 25.5. The normalized spacial score (nSPS) is 19.8. The van der Waals surface area contributed by atoms with Crippen LogP contribution in [0.3, 0.4) is 0 Å². The SMILES string of the molecule is COc1ccc(CC(=O)N2CCC3(CC2)CN([C@@H]2CCc4cc(-c5ncccn5)ccc42)C3)c(NC(C)=O)c1. The van der Waals surface area contributed by atoms with Crippen LogP contribution in [-0.2, 0) is 22.4 Å². The Morgan fingerprint density at radius 2 is 1.85 bits per heavy atom. The topological polar surface area (TPSA) is 87.7 Å². The summed E-state index contributed by atoms with van der Waals surface area (Å²) in [4.78, 5) is 38.3. The van der Waals surface area contributed by atoms with E-state index in [4.69, 9.17) is 4.74 Å². The van der Waals surface area contributed by atoms with Gasteiger partial charge in [0.2, 0.25) is 11.8 Å². The molecule has 2 amide bonds. The largest absolute Gasteiger partial charge is 0.497 e. The maximum Gasteiger partial charge on any atom is 0.227 e. The number of nitrogens with zero attached hydrogens (tertiary/aromatic N) is 4. The Bertz CT molecular complexity index is 1380. The number of carbonyl (C=O) groups excluding carboxylic acids is 2. The summed E-state index contributed by atoms with van der Waals surface area (Å²) in [6.45, 7) is 5.26. The number of aryl methyl sites for hydroxylation is 1. The van der Waals surface area contributed by atoms with E-state index in [0.29, 0.717) is 22.9 Å². The van der Waals surface area contributed by atoms with Crippen molar-refractivity contribution in [2.75, 3.05) is 38.6 Å². The summed E-state index contributed by atoms with van der Waals surface area (Å²) >= 11 is 0.